The topological polar surface area (TPSA) is 261 Å². The minimum atomic E-state index is -0.781. The number of ether oxygens (including phenoxy) is 15. The summed E-state index contributed by atoms with van der Waals surface area (Å²) in [5, 5.41) is 11.4. The first-order valence-electron chi connectivity index (χ1n) is 41.0. The molecule has 6 aromatic carbocycles. The molecule has 3 aliphatic rings. The molecular formula is C94H128Cl3I4O22V2-. The number of phenols is 1. The van der Waals surface area contributed by atoms with Crippen LogP contribution in [0.5, 0.6) is 5.75 Å². The number of esters is 6. The zero-order valence-corrected chi connectivity index (χ0v) is 87.5. The maximum atomic E-state index is 12.0. The average molecular weight is 2330 g/mol. The van der Waals surface area contributed by atoms with Crippen LogP contribution in [0.3, 0.4) is 0 Å². The van der Waals surface area contributed by atoms with Gasteiger partial charge in [-0.3, -0.25) is 33.7 Å². The monoisotopic (exact) mass is 2320 g/mol. The molecule has 0 aromatic heterocycles. The van der Waals surface area contributed by atoms with Crippen LogP contribution in [-0.2, 0) is 169 Å². The van der Waals surface area contributed by atoms with Gasteiger partial charge in [-0.15, -0.1) is 0 Å². The SMILES string of the molecule is C.CCCOCCOC.CC[C@H]1O[C@@H](c2ccc(Cl)c(Cc3ccc(CCOCCOC)cc3)c2)[C@H](OC(C)=O)[C@@H](OC(C)=O)[C@@H]1C.CC[C@H]1O[C@@H](c2ccc(Cl)c(Cc3ccc(CCOCCOC)cc3)c2)[C@H](OC(C)=O)[C@@H](OC(C)=O)[C@@H]1C.CC[C@H]1O[C@@H](c2ccc(Cl)c(Cc3ccc(O)cc3)c2)[C@H](OC(C)=O)[C@@H](OC(C)=O)[C@@H]1C.IC(I)I.[CH2-]I.[V].[V]. The quantitative estimate of drug-likeness (QED) is 0.00968. The van der Waals surface area contributed by atoms with Gasteiger partial charge in [0.1, 0.15) is 42.3 Å². The maximum Gasteiger partial charge on any atom is 0.303 e. The van der Waals surface area contributed by atoms with Gasteiger partial charge < -0.3 is 98.8 Å². The molecule has 0 bridgehead atoms. The summed E-state index contributed by atoms with van der Waals surface area (Å²) in [6.45, 7) is 28.0. The molecule has 22 nitrogen and oxygen atoms in total. The first-order chi connectivity index (χ1) is 58.3. The van der Waals surface area contributed by atoms with Gasteiger partial charge in [-0.05, 0) is 149 Å². The van der Waals surface area contributed by atoms with E-state index in [1.165, 1.54) is 52.7 Å². The molecule has 3 aliphatic heterocycles. The van der Waals surface area contributed by atoms with Crippen molar-refractivity contribution in [3.05, 3.63) is 209 Å². The van der Waals surface area contributed by atoms with Crippen LogP contribution in [0, 0.1) is 22.7 Å². The van der Waals surface area contributed by atoms with Crippen LogP contribution in [0.2, 0.25) is 15.1 Å². The number of rotatable bonds is 35. The van der Waals surface area contributed by atoms with Gasteiger partial charge in [0.2, 0.25) is 0 Å². The second kappa shape index (κ2) is 66.0. The molecule has 2 radical (unpaired) electrons. The molecule has 6 aromatic rings. The third-order valence-electron chi connectivity index (χ3n) is 20.2. The van der Waals surface area contributed by atoms with E-state index in [1.807, 2.05) is 125 Å². The molecule has 125 heavy (non-hydrogen) atoms. The Morgan fingerprint density at radius 1 is 0.376 bits per heavy atom. The van der Waals surface area contributed by atoms with Gasteiger partial charge in [0.15, 0.2) is 18.3 Å². The van der Waals surface area contributed by atoms with E-state index in [9.17, 15) is 33.9 Å². The molecule has 0 unspecified atom stereocenters. The standard InChI is InChI=1S/2C30H39ClO7.C25H29ClO6.C6H14O2.CHI3.CH2I.CH4.2V/c2*1-6-27-19(2)28(36-20(3)32)30(37-21(4)33)29(38-27)24-11-12-26(31)25(18-24)17-23-9-7-22(8-10-23)13-14-35-16-15-34-5;1-5-22-14(2)23(30-15(3)27)25(31-16(4)28)24(32-22)18-8-11-21(26)19(13-18)12-17-6-9-20(29)10-7-17;1-3-4-8-6-5-7-2;2-1(3)4;1-2;;;/h2*7-12,18-19,27-30H,6,13-17H2,1-5H3;6-11,13-14,22-25,29H,5,12H2,1-4H3;3-6H2,1-2H3;1H;1H2;1H4;;/q;;;;;-1;;;/t2*19-,27-,28+,29+,30-;14-,22-,23+,24+,25-;;;;;;/m111....../s1. The number of carbonyl (C=O) groups excluding carboxylic acids is 6. The number of aromatic hydroxyl groups is 1. The van der Waals surface area contributed by atoms with Gasteiger partial charge in [0.25, 0.3) is 0 Å². The van der Waals surface area contributed by atoms with Crippen molar-refractivity contribution < 1.29 is 142 Å². The summed E-state index contributed by atoms with van der Waals surface area (Å²) < 4.78 is 85.0. The molecule has 0 spiro atoms. The van der Waals surface area contributed by atoms with Crippen LogP contribution < -0.4 is 0 Å². The Kier molecular flexibility index (Phi) is 63.1. The fourth-order valence-electron chi connectivity index (χ4n) is 14.4. The number of methoxy groups -OCH3 is 3. The zero-order chi connectivity index (χ0) is 90.5. The first kappa shape index (κ1) is 120. The molecule has 3 fully saturated rings. The summed E-state index contributed by atoms with van der Waals surface area (Å²) >= 11 is 28.5. The molecule has 3 saturated heterocycles. The molecule has 9 rings (SSSR count). The van der Waals surface area contributed by atoms with Crippen molar-refractivity contribution in [3.8, 4) is 5.75 Å². The number of halogens is 7. The smallest absolute Gasteiger partial charge is 0.303 e. The van der Waals surface area contributed by atoms with Gasteiger partial charge in [-0.1, -0.05) is 256 Å². The maximum absolute atomic E-state index is 12.0. The van der Waals surface area contributed by atoms with E-state index in [0.29, 0.717) is 80.6 Å². The number of benzene rings is 6. The van der Waals surface area contributed by atoms with Crippen molar-refractivity contribution in [2.24, 2.45) is 17.8 Å². The molecule has 696 valence electrons. The molecule has 0 aliphatic carbocycles. The summed E-state index contributed by atoms with van der Waals surface area (Å²) in [5.74, 6) is -2.88. The van der Waals surface area contributed by atoms with E-state index in [1.54, 1.807) is 39.5 Å². The number of hydrogen-bond donors (Lipinski definition) is 1. The molecule has 15 atom stereocenters. The van der Waals surface area contributed by atoms with E-state index >= 15 is 0 Å². The third kappa shape index (κ3) is 43.0. The third-order valence-corrected chi connectivity index (χ3v) is 21.3. The number of phenolic OH excluding ortho intramolecular Hbond substituents is 1. The molecule has 0 amide bonds. The predicted molar refractivity (Wildman–Crippen MR) is 516 cm³/mol. The Hall–Kier alpha value is -3.46. The molecule has 31 heteroatoms. The summed E-state index contributed by atoms with van der Waals surface area (Å²) in [4.78, 5) is 74.8. The summed E-state index contributed by atoms with van der Waals surface area (Å²) in [7, 11) is 4.99. The molecule has 0 saturated carbocycles. The van der Waals surface area contributed by atoms with E-state index in [0.717, 1.165) is 102 Å². The van der Waals surface area contributed by atoms with Crippen molar-refractivity contribution >= 4 is 161 Å². The van der Waals surface area contributed by atoms with E-state index < -0.39 is 90.8 Å². The fraction of sp³-hybridized carbons (Fsp3) is 0.543. The van der Waals surface area contributed by atoms with Crippen LogP contribution in [0.15, 0.2) is 127 Å². The second-order valence-electron chi connectivity index (χ2n) is 29.5. The van der Waals surface area contributed by atoms with Crippen LogP contribution in [0.4, 0.5) is 0 Å². The average Bonchev–Trinajstić information content (AvgIpc) is 0.785. The van der Waals surface area contributed by atoms with E-state index in [2.05, 4.69) is 128 Å². The fourth-order valence-corrected chi connectivity index (χ4v) is 14.9. The van der Waals surface area contributed by atoms with Crippen molar-refractivity contribution in [2.45, 2.75) is 228 Å². The molecular weight excluding hydrogens is 2200 g/mol. The van der Waals surface area contributed by atoms with Crippen molar-refractivity contribution in [2.75, 3.05) is 80.8 Å². The van der Waals surface area contributed by atoms with Crippen molar-refractivity contribution in [3.63, 3.8) is 0 Å². The minimum absolute atomic E-state index is 0. The van der Waals surface area contributed by atoms with Crippen LogP contribution in [0.25, 0.3) is 0 Å². The van der Waals surface area contributed by atoms with Gasteiger partial charge >= 0.3 is 35.8 Å². The summed E-state index contributed by atoms with van der Waals surface area (Å²) in [6.07, 6.45) is 0.238. The second-order valence-corrected chi connectivity index (χ2v) is 41.6. The normalized spacial score (nSPS) is 21.5. The van der Waals surface area contributed by atoms with Crippen LogP contribution in [-0.4, -0.2) is 177 Å². The molecule has 1 N–H and O–H groups in total. The van der Waals surface area contributed by atoms with Crippen LogP contribution in [0.1, 0.15) is 203 Å². The van der Waals surface area contributed by atoms with Gasteiger partial charge in [0.05, 0.1) is 71.2 Å². The Labute approximate surface area is 835 Å². The van der Waals surface area contributed by atoms with Gasteiger partial charge in [-0.2, -0.15) is 0 Å². The number of hydrogen-bond acceptors (Lipinski definition) is 22. The van der Waals surface area contributed by atoms with Gasteiger partial charge in [0, 0.05) is 139 Å². The number of alkyl halides is 3. The van der Waals surface area contributed by atoms with Crippen LogP contribution >= 0.6 is 125 Å². The zero-order valence-electron chi connectivity index (χ0n) is 73.9. The predicted octanol–water partition coefficient (Wildman–Crippen LogP) is 21.4. The Bertz CT molecular complexity index is 3890. The Morgan fingerprint density at radius 3 is 0.840 bits per heavy atom. The Morgan fingerprint density at radius 2 is 0.608 bits per heavy atom. The van der Waals surface area contributed by atoms with Gasteiger partial charge in [-0.25, -0.2) is 0 Å². The van der Waals surface area contributed by atoms with E-state index in [4.69, 9.17) is 106 Å². The summed E-state index contributed by atoms with van der Waals surface area (Å²) in [5.41, 5.74) is 10.8. The number of carbonyl (C=O) groups is 6. The molecule has 3 heterocycles. The first-order valence-corrected chi connectivity index (χ1v) is 47.4. The largest absolute Gasteiger partial charge is 0.508 e. The minimum Gasteiger partial charge on any atom is -0.508 e. The van der Waals surface area contributed by atoms with Crippen molar-refractivity contribution in [1.29, 1.82) is 0 Å². The van der Waals surface area contributed by atoms with E-state index in [-0.39, 0.29) is 86.4 Å². The van der Waals surface area contributed by atoms with Crippen molar-refractivity contribution in [1.82, 2.24) is 0 Å². The Balaban J connectivity index is 0.000000861. The summed E-state index contributed by atoms with van der Waals surface area (Å²) in [6, 6.07) is 40.7.